The summed E-state index contributed by atoms with van der Waals surface area (Å²) < 4.78 is 0. The van der Waals surface area contributed by atoms with Crippen molar-refractivity contribution in [3.05, 3.63) is 40.4 Å². The van der Waals surface area contributed by atoms with E-state index in [0.717, 1.165) is 17.6 Å². The minimum absolute atomic E-state index is 0.760. The largest absolute Gasteiger partial charge is 0.309 e. The molecule has 1 aromatic carbocycles. The number of benzene rings is 1. The molecule has 0 radical (unpaired) electrons. The van der Waals surface area contributed by atoms with Gasteiger partial charge >= 0.3 is 0 Å². The van der Waals surface area contributed by atoms with E-state index in [4.69, 9.17) is 0 Å². The van der Waals surface area contributed by atoms with Crippen LogP contribution in [-0.4, -0.2) is 11.0 Å². The molecule has 1 saturated carbocycles. The van der Waals surface area contributed by atoms with Crippen LogP contribution in [0.5, 0.6) is 0 Å². The van der Waals surface area contributed by atoms with Crippen LogP contribution >= 0.6 is 11.3 Å². The third-order valence-corrected chi connectivity index (χ3v) is 4.35. The molecule has 94 valence electrons. The van der Waals surface area contributed by atoms with Gasteiger partial charge < -0.3 is 5.32 Å². The van der Waals surface area contributed by atoms with Crippen molar-refractivity contribution in [2.75, 3.05) is 0 Å². The van der Waals surface area contributed by atoms with E-state index < -0.39 is 0 Å². The van der Waals surface area contributed by atoms with Crippen molar-refractivity contribution >= 4 is 11.3 Å². The maximum Gasteiger partial charge on any atom is 0.123 e. The van der Waals surface area contributed by atoms with Crippen molar-refractivity contribution < 1.29 is 0 Å². The lowest BCUT2D eigenvalue weighted by molar-refractivity contribution is 0.694. The van der Waals surface area contributed by atoms with Crippen LogP contribution in [0.3, 0.4) is 0 Å². The molecule has 3 heteroatoms. The van der Waals surface area contributed by atoms with Gasteiger partial charge in [0.05, 0.1) is 0 Å². The molecule has 0 atom stereocenters. The lowest BCUT2D eigenvalue weighted by Crippen LogP contribution is -2.14. The number of aromatic nitrogens is 1. The Labute approximate surface area is 112 Å². The fourth-order valence-corrected chi connectivity index (χ4v) is 2.96. The maximum atomic E-state index is 4.57. The van der Waals surface area contributed by atoms with Gasteiger partial charge in [0.15, 0.2) is 0 Å². The molecule has 1 heterocycles. The second kappa shape index (κ2) is 4.82. The predicted molar refractivity (Wildman–Crippen MR) is 76.9 cm³/mol. The van der Waals surface area contributed by atoms with Crippen LogP contribution in [0, 0.1) is 13.8 Å². The molecule has 0 amide bonds. The summed E-state index contributed by atoms with van der Waals surface area (Å²) in [6.07, 6.45) is 4.68. The zero-order valence-corrected chi connectivity index (χ0v) is 11.7. The van der Waals surface area contributed by atoms with Crippen LogP contribution in [0.4, 0.5) is 0 Å². The first kappa shape index (κ1) is 11.9. The highest BCUT2D eigenvalue weighted by Crippen LogP contribution is 2.29. The highest BCUT2D eigenvalue weighted by Gasteiger charge is 2.20. The van der Waals surface area contributed by atoms with Crippen molar-refractivity contribution in [1.82, 2.24) is 10.3 Å². The summed E-state index contributed by atoms with van der Waals surface area (Å²) in [6, 6.07) is 7.32. The highest BCUT2D eigenvalue weighted by atomic mass is 32.1. The summed E-state index contributed by atoms with van der Waals surface area (Å²) in [7, 11) is 0. The quantitative estimate of drug-likeness (QED) is 0.905. The number of rotatable bonds is 4. The van der Waals surface area contributed by atoms with E-state index in [2.05, 4.69) is 42.3 Å². The number of hydrogen-bond donors (Lipinski definition) is 1. The monoisotopic (exact) mass is 258 g/mol. The normalized spacial score (nSPS) is 15.0. The topological polar surface area (TPSA) is 24.9 Å². The molecule has 2 aromatic rings. The number of aryl methyl sites for hydroxylation is 2. The van der Waals surface area contributed by atoms with Crippen LogP contribution in [0.1, 0.15) is 28.8 Å². The van der Waals surface area contributed by atoms with Gasteiger partial charge in [-0.2, -0.15) is 0 Å². The summed E-state index contributed by atoms with van der Waals surface area (Å²) in [5, 5.41) is 4.68. The van der Waals surface area contributed by atoms with Crippen molar-refractivity contribution in [3.63, 3.8) is 0 Å². The van der Waals surface area contributed by atoms with Crippen molar-refractivity contribution in [2.24, 2.45) is 0 Å². The summed E-state index contributed by atoms with van der Waals surface area (Å²) in [5.41, 5.74) is 3.87. The number of nitrogens with zero attached hydrogens (tertiary/aromatic N) is 1. The minimum atomic E-state index is 0.760. The van der Waals surface area contributed by atoms with Crippen LogP contribution in [0.2, 0.25) is 0 Å². The Bertz CT molecular complexity index is 555. The molecule has 0 bridgehead atoms. The van der Waals surface area contributed by atoms with Gasteiger partial charge in [-0.3, -0.25) is 0 Å². The molecule has 1 fully saturated rings. The zero-order valence-electron chi connectivity index (χ0n) is 10.9. The molecule has 18 heavy (non-hydrogen) atoms. The van der Waals surface area contributed by atoms with Gasteiger partial charge in [-0.1, -0.05) is 17.7 Å². The van der Waals surface area contributed by atoms with Gasteiger partial charge in [0.25, 0.3) is 0 Å². The third kappa shape index (κ3) is 2.62. The van der Waals surface area contributed by atoms with Gasteiger partial charge in [-0.25, -0.2) is 4.98 Å². The first-order valence-corrected chi connectivity index (χ1v) is 7.30. The van der Waals surface area contributed by atoms with Crippen molar-refractivity contribution in [3.8, 4) is 10.6 Å². The van der Waals surface area contributed by atoms with Gasteiger partial charge in [0.2, 0.25) is 0 Å². The van der Waals surface area contributed by atoms with Crippen LogP contribution in [0.25, 0.3) is 10.6 Å². The molecule has 0 aliphatic heterocycles. The molecule has 1 N–H and O–H groups in total. The van der Waals surface area contributed by atoms with E-state index in [0.29, 0.717) is 0 Å². The first-order chi connectivity index (χ1) is 8.72. The Morgan fingerprint density at radius 1 is 1.33 bits per heavy atom. The summed E-state index contributed by atoms with van der Waals surface area (Å²) in [4.78, 5) is 5.90. The lowest BCUT2D eigenvalue weighted by atomic mass is 10.1. The molecule has 3 rings (SSSR count). The maximum absolute atomic E-state index is 4.57. The highest BCUT2D eigenvalue weighted by molar-refractivity contribution is 7.15. The number of thiazole rings is 1. The molecule has 1 aliphatic carbocycles. The molecule has 2 nitrogen and oxygen atoms in total. The molecule has 0 spiro atoms. The molecule has 0 saturated heterocycles. The Morgan fingerprint density at radius 3 is 2.94 bits per heavy atom. The van der Waals surface area contributed by atoms with Gasteiger partial charge in [-0.15, -0.1) is 11.3 Å². The Balaban J connectivity index is 1.80. The fraction of sp³-hybridized carbons (Fsp3) is 0.400. The van der Waals surface area contributed by atoms with E-state index in [1.165, 1.54) is 34.4 Å². The van der Waals surface area contributed by atoms with Crippen LogP contribution < -0.4 is 5.32 Å². The molecular formula is C15H18N2S. The van der Waals surface area contributed by atoms with E-state index in [-0.39, 0.29) is 0 Å². The Kier molecular flexibility index (Phi) is 3.18. The molecule has 0 unspecified atom stereocenters. The second-order valence-corrected chi connectivity index (χ2v) is 6.22. The summed E-state index contributed by atoms with van der Waals surface area (Å²) in [6.45, 7) is 5.25. The molecule has 1 aliphatic rings. The Hall–Kier alpha value is -1.19. The van der Waals surface area contributed by atoms with E-state index in [1.807, 2.05) is 6.20 Å². The Morgan fingerprint density at radius 2 is 2.17 bits per heavy atom. The molecule has 1 aromatic heterocycles. The fourth-order valence-electron chi connectivity index (χ4n) is 2.01. The SMILES string of the molecule is Cc1ccc(C)c(-c2ncc(CNC3CC3)s2)c1. The number of nitrogens with one attached hydrogen (secondary N) is 1. The van der Waals surface area contributed by atoms with Crippen molar-refractivity contribution in [1.29, 1.82) is 0 Å². The van der Waals surface area contributed by atoms with E-state index in [9.17, 15) is 0 Å². The number of hydrogen-bond acceptors (Lipinski definition) is 3. The van der Waals surface area contributed by atoms with Gasteiger partial charge in [-0.05, 0) is 38.3 Å². The van der Waals surface area contributed by atoms with Crippen molar-refractivity contribution in [2.45, 2.75) is 39.3 Å². The average Bonchev–Trinajstić information content (AvgIpc) is 3.08. The lowest BCUT2D eigenvalue weighted by Gasteiger charge is -2.03. The van der Waals surface area contributed by atoms with Gasteiger partial charge in [0.1, 0.15) is 5.01 Å². The minimum Gasteiger partial charge on any atom is -0.309 e. The van der Waals surface area contributed by atoms with Crippen LogP contribution in [0.15, 0.2) is 24.4 Å². The third-order valence-electron chi connectivity index (χ3n) is 3.32. The van der Waals surface area contributed by atoms with Gasteiger partial charge in [0, 0.05) is 29.2 Å². The summed E-state index contributed by atoms with van der Waals surface area (Å²) in [5.74, 6) is 0. The van der Waals surface area contributed by atoms with E-state index >= 15 is 0 Å². The van der Waals surface area contributed by atoms with E-state index in [1.54, 1.807) is 11.3 Å². The average molecular weight is 258 g/mol. The zero-order chi connectivity index (χ0) is 12.5. The summed E-state index contributed by atoms with van der Waals surface area (Å²) >= 11 is 1.80. The second-order valence-electron chi connectivity index (χ2n) is 5.11. The molecular weight excluding hydrogens is 240 g/mol. The first-order valence-electron chi connectivity index (χ1n) is 6.48. The predicted octanol–water partition coefficient (Wildman–Crippen LogP) is 3.68. The standard InChI is InChI=1S/C15H18N2S/c1-10-3-4-11(2)14(7-10)15-17-9-13(18-15)8-16-12-5-6-12/h3-4,7,9,12,16H,5-6,8H2,1-2H3. The smallest absolute Gasteiger partial charge is 0.123 e. The van der Waals surface area contributed by atoms with Crippen LogP contribution in [-0.2, 0) is 6.54 Å².